The number of ether oxygens (including phenoxy) is 1. The minimum atomic E-state index is -0.483. The number of nitrogens with zero attached hydrogens (tertiary/aromatic N) is 1. The van der Waals surface area contributed by atoms with Crippen LogP contribution in [0.15, 0.2) is 33.7 Å². The van der Waals surface area contributed by atoms with E-state index in [9.17, 15) is 9.59 Å². The van der Waals surface area contributed by atoms with Crippen molar-refractivity contribution in [1.29, 1.82) is 0 Å². The van der Waals surface area contributed by atoms with Crippen molar-refractivity contribution in [3.8, 4) is 0 Å². The molecule has 0 aliphatic rings. The highest BCUT2D eigenvalue weighted by Crippen LogP contribution is 2.23. The predicted octanol–water partition coefficient (Wildman–Crippen LogP) is 1.46. The lowest BCUT2D eigenvalue weighted by Gasteiger charge is -2.03. The number of pyridine rings is 1. The van der Waals surface area contributed by atoms with Gasteiger partial charge in [-0.25, -0.2) is 14.7 Å². The zero-order valence-corrected chi connectivity index (χ0v) is 9.39. The van der Waals surface area contributed by atoms with Crippen LogP contribution in [-0.4, -0.2) is 23.2 Å². The first kappa shape index (κ1) is 10.5. The molecule has 0 radical (unpaired) electrons. The number of fused-ring (bicyclic) bond motifs is 3. The van der Waals surface area contributed by atoms with Gasteiger partial charge in [-0.05, 0) is 6.07 Å². The fourth-order valence-corrected chi connectivity index (χ4v) is 1.91. The Kier molecular flexibility index (Phi) is 2.16. The summed E-state index contributed by atoms with van der Waals surface area (Å²) in [6.07, 6.45) is 1.38. The fourth-order valence-electron chi connectivity index (χ4n) is 1.91. The van der Waals surface area contributed by atoms with E-state index in [-0.39, 0.29) is 0 Å². The Hall–Kier alpha value is -2.63. The molecule has 3 aromatic rings. The van der Waals surface area contributed by atoms with Gasteiger partial charge in [0, 0.05) is 11.6 Å². The second-order valence-electron chi connectivity index (χ2n) is 3.73. The van der Waals surface area contributed by atoms with E-state index >= 15 is 0 Å². The van der Waals surface area contributed by atoms with Gasteiger partial charge in [-0.15, -0.1) is 0 Å². The van der Waals surface area contributed by atoms with E-state index in [1.54, 1.807) is 18.2 Å². The summed E-state index contributed by atoms with van der Waals surface area (Å²) in [5.41, 5.74) is 0.853. The molecule has 0 saturated heterocycles. The molecule has 0 unspecified atom stereocenters. The number of nitrogens with one attached hydrogen (secondary N) is 1. The molecule has 90 valence electrons. The number of hydrogen-bond donors (Lipinski definition) is 1. The number of benzene rings is 1. The SMILES string of the molecule is COC(=O)c1cccc2c1ncc1c(=O)o[nH]c12. The number of aromatic amines is 1. The largest absolute Gasteiger partial charge is 0.465 e. The van der Waals surface area contributed by atoms with Crippen LogP contribution in [0.2, 0.25) is 0 Å². The molecule has 6 nitrogen and oxygen atoms in total. The molecule has 0 bridgehead atoms. The van der Waals surface area contributed by atoms with Crippen LogP contribution in [-0.2, 0) is 4.74 Å². The minimum Gasteiger partial charge on any atom is -0.465 e. The fraction of sp³-hybridized carbons (Fsp3) is 0.0833. The van der Waals surface area contributed by atoms with Gasteiger partial charge in [-0.2, -0.15) is 0 Å². The van der Waals surface area contributed by atoms with Crippen LogP contribution in [0.1, 0.15) is 10.4 Å². The summed E-state index contributed by atoms with van der Waals surface area (Å²) in [4.78, 5) is 27.1. The Morgan fingerprint density at radius 3 is 3.00 bits per heavy atom. The van der Waals surface area contributed by atoms with Crippen LogP contribution >= 0.6 is 0 Å². The molecule has 2 aromatic heterocycles. The smallest absolute Gasteiger partial charge is 0.366 e. The summed E-state index contributed by atoms with van der Waals surface area (Å²) in [5.74, 6) is -0.474. The van der Waals surface area contributed by atoms with Crippen molar-refractivity contribution in [3.63, 3.8) is 0 Å². The first-order valence-electron chi connectivity index (χ1n) is 5.19. The van der Waals surface area contributed by atoms with Gasteiger partial charge in [-0.1, -0.05) is 12.1 Å². The van der Waals surface area contributed by atoms with Crippen molar-refractivity contribution in [3.05, 3.63) is 40.4 Å². The van der Waals surface area contributed by atoms with Gasteiger partial charge < -0.3 is 9.26 Å². The van der Waals surface area contributed by atoms with Crippen molar-refractivity contribution < 1.29 is 14.1 Å². The number of para-hydroxylation sites is 1. The molecule has 0 aliphatic carbocycles. The van der Waals surface area contributed by atoms with Gasteiger partial charge in [0.25, 0.3) is 0 Å². The lowest BCUT2D eigenvalue weighted by atomic mass is 10.1. The van der Waals surface area contributed by atoms with Crippen molar-refractivity contribution in [1.82, 2.24) is 10.1 Å². The van der Waals surface area contributed by atoms with E-state index in [1.165, 1.54) is 13.3 Å². The number of methoxy groups -OCH3 is 1. The molecule has 0 aliphatic heterocycles. The standard InChI is InChI=1S/C12H8N2O4/c1-17-11(15)7-4-2-3-6-9(7)13-5-8-10(6)14-18-12(8)16/h2-5,14H,1H3. The Balaban J connectivity index is 2.47. The van der Waals surface area contributed by atoms with Crippen molar-refractivity contribution in [2.75, 3.05) is 7.11 Å². The summed E-state index contributed by atoms with van der Waals surface area (Å²) in [6, 6.07) is 5.06. The molecule has 0 saturated carbocycles. The number of rotatable bonds is 1. The molecular weight excluding hydrogens is 236 g/mol. The lowest BCUT2D eigenvalue weighted by Crippen LogP contribution is -2.03. The summed E-state index contributed by atoms with van der Waals surface area (Å²) >= 11 is 0. The van der Waals surface area contributed by atoms with Crippen LogP contribution in [0.25, 0.3) is 21.8 Å². The molecule has 1 aromatic carbocycles. The molecule has 6 heteroatoms. The van der Waals surface area contributed by atoms with Crippen LogP contribution in [0, 0.1) is 0 Å². The van der Waals surface area contributed by atoms with Crippen LogP contribution in [0.4, 0.5) is 0 Å². The van der Waals surface area contributed by atoms with Crippen LogP contribution in [0.3, 0.4) is 0 Å². The first-order valence-corrected chi connectivity index (χ1v) is 5.19. The summed E-state index contributed by atoms with van der Waals surface area (Å²) in [5, 5.41) is 3.53. The molecule has 18 heavy (non-hydrogen) atoms. The molecule has 0 amide bonds. The molecule has 1 N–H and O–H groups in total. The third kappa shape index (κ3) is 1.32. The van der Waals surface area contributed by atoms with E-state index in [1.807, 2.05) is 0 Å². The first-order chi connectivity index (χ1) is 8.72. The van der Waals surface area contributed by atoms with Gasteiger partial charge in [0.2, 0.25) is 0 Å². The van der Waals surface area contributed by atoms with Crippen molar-refractivity contribution in [2.24, 2.45) is 0 Å². The number of H-pyrrole nitrogens is 1. The van der Waals surface area contributed by atoms with Gasteiger partial charge >= 0.3 is 11.6 Å². The average molecular weight is 244 g/mol. The Bertz CT molecular complexity index is 816. The van der Waals surface area contributed by atoms with Gasteiger partial charge in [0.05, 0.1) is 23.7 Å². The molecule has 3 rings (SSSR count). The average Bonchev–Trinajstić information content (AvgIpc) is 2.79. The molecule has 0 atom stereocenters. The molecule has 0 spiro atoms. The zero-order valence-electron chi connectivity index (χ0n) is 9.39. The van der Waals surface area contributed by atoms with E-state index in [4.69, 9.17) is 4.52 Å². The van der Waals surface area contributed by atoms with E-state index < -0.39 is 11.6 Å². The van der Waals surface area contributed by atoms with Crippen LogP contribution < -0.4 is 5.63 Å². The highest BCUT2D eigenvalue weighted by molar-refractivity contribution is 6.10. The maximum atomic E-state index is 11.6. The third-order valence-electron chi connectivity index (χ3n) is 2.77. The van der Waals surface area contributed by atoms with E-state index in [0.29, 0.717) is 27.4 Å². The van der Waals surface area contributed by atoms with E-state index in [2.05, 4.69) is 14.9 Å². The number of aromatic nitrogens is 2. The van der Waals surface area contributed by atoms with Gasteiger partial charge in [0.15, 0.2) is 0 Å². The monoisotopic (exact) mass is 244 g/mol. The Morgan fingerprint density at radius 2 is 2.22 bits per heavy atom. The minimum absolute atomic E-state index is 0.346. The van der Waals surface area contributed by atoms with Gasteiger partial charge in [0.1, 0.15) is 5.39 Å². The maximum Gasteiger partial charge on any atom is 0.366 e. The quantitative estimate of drug-likeness (QED) is 0.655. The number of hydrogen-bond acceptors (Lipinski definition) is 5. The highest BCUT2D eigenvalue weighted by atomic mass is 16.5. The van der Waals surface area contributed by atoms with Crippen molar-refractivity contribution >= 4 is 27.8 Å². The highest BCUT2D eigenvalue weighted by Gasteiger charge is 2.15. The Labute approximate surface area is 100 Å². The summed E-state index contributed by atoms with van der Waals surface area (Å²) in [7, 11) is 1.30. The third-order valence-corrected chi connectivity index (χ3v) is 2.77. The second-order valence-corrected chi connectivity index (χ2v) is 3.73. The second kappa shape index (κ2) is 3.69. The Morgan fingerprint density at radius 1 is 1.39 bits per heavy atom. The molecular formula is C12H8N2O4. The number of carbonyl (C=O) groups excluding carboxylic acids is 1. The number of esters is 1. The predicted molar refractivity (Wildman–Crippen MR) is 63.5 cm³/mol. The molecule has 2 heterocycles. The van der Waals surface area contributed by atoms with Crippen LogP contribution in [0.5, 0.6) is 0 Å². The normalized spacial score (nSPS) is 10.9. The lowest BCUT2D eigenvalue weighted by molar-refractivity contribution is 0.0603. The van der Waals surface area contributed by atoms with E-state index in [0.717, 1.165) is 0 Å². The number of carbonyl (C=O) groups is 1. The van der Waals surface area contributed by atoms with Crippen molar-refractivity contribution in [2.45, 2.75) is 0 Å². The maximum absolute atomic E-state index is 11.6. The molecule has 0 fully saturated rings. The van der Waals surface area contributed by atoms with Gasteiger partial charge in [-0.3, -0.25) is 4.98 Å². The zero-order chi connectivity index (χ0) is 12.7. The topological polar surface area (TPSA) is 85.2 Å². The summed E-state index contributed by atoms with van der Waals surface area (Å²) in [6.45, 7) is 0. The summed E-state index contributed by atoms with van der Waals surface area (Å²) < 4.78 is 9.40.